The average molecular weight is 254 g/mol. The summed E-state index contributed by atoms with van der Waals surface area (Å²) >= 11 is 0. The highest BCUT2D eigenvalue weighted by Crippen LogP contribution is 2.35. The lowest BCUT2D eigenvalue weighted by Crippen LogP contribution is -2.28. The van der Waals surface area contributed by atoms with E-state index in [0.29, 0.717) is 0 Å². The zero-order valence-corrected chi connectivity index (χ0v) is 11.0. The predicted molar refractivity (Wildman–Crippen MR) is 75.0 cm³/mol. The van der Waals surface area contributed by atoms with Gasteiger partial charge in [-0.2, -0.15) is 0 Å². The normalized spacial score (nSPS) is 18.7. The number of pyridine rings is 1. The predicted octanol–water partition coefficient (Wildman–Crippen LogP) is 2.65. The molecule has 2 saturated carbocycles. The summed E-state index contributed by atoms with van der Waals surface area (Å²) in [5.41, 5.74) is 1.64. The Morgan fingerprint density at radius 3 is 2.32 bits per heavy atom. The van der Waals surface area contributed by atoms with Gasteiger partial charge in [0.2, 0.25) is 0 Å². The second kappa shape index (κ2) is 4.44. The van der Waals surface area contributed by atoms with E-state index in [1.165, 1.54) is 25.7 Å². The van der Waals surface area contributed by atoms with Crippen LogP contribution in [-0.4, -0.2) is 28.0 Å². The highest BCUT2D eigenvalue weighted by Gasteiger charge is 2.29. The summed E-state index contributed by atoms with van der Waals surface area (Å²) in [7, 11) is 0. The molecule has 2 aliphatic rings. The lowest BCUT2D eigenvalue weighted by atomic mass is 10.3. The van der Waals surface area contributed by atoms with Gasteiger partial charge < -0.3 is 4.90 Å². The minimum absolute atomic E-state index is 0.761. The Balaban J connectivity index is 1.63. The third-order valence-corrected chi connectivity index (χ3v) is 3.99. The van der Waals surface area contributed by atoms with Crippen LogP contribution in [0.1, 0.15) is 25.7 Å². The molecule has 0 spiro atoms. The first-order valence-corrected chi connectivity index (χ1v) is 7.21. The van der Waals surface area contributed by atoms with E-state index in [1.807, 2.05) is 6.07 Å². The van der Waals surface area contributed by atoms with Crippen LogP contribution in [0.25, 0.3) is 11.2 Å². The monoisotopic (exact) mass is 254 g/mol. The van der Waals surface area contributed by atoms with Crippen molar-refractivity contribution in [3.05, 3.63) is 24.5 Å². The molecule has 2 aromatic rings. The zero-order chi connectivity index (χ0) is 12.7. The summed E-state index contributed by atoms with van der Waals surface area (Å²) in [5.74, 6) is 2.85. The van der Waals surface area contributed by atoms with Crippen LogP contribution in [0.5, 0.6) is 0 Å². The fourth-order valence-electron chi connectivity index (χ4n) is 2.51. The third-order valence-electron chi connectivity index (χ3n) is 3.99. The fraction of sp³-hybridized carbons (Fsp3) is 0.533. The van der Waals surface area contributed by atoms with Crippen LogP contribution in [0.15, 0.2) is 24.5 Å². The summed E-state index contributed by atoms with van der Waals surface area (Å²) in [4.78, 5) is 15.7. The van der Waals surface area contributed by atoms with Gasteiger partial charge in [-0.25, -0.2) is 9.97 Å². The van der Waals surface area contributed by atoms with E-state index in [4.69, 9.17) is 0 Å². The molecule has 0 aliphatic heterocycles. The maximum absolute atomic E-state index is 4.69. The Kier molecular flexibility index (Phi) is 2.60. The van der Waals surface area contributed by atoms with Crippen molar-refractivity contribution in [1.29, 1.82) is 0 Å². The second-order valence-corrected chi connectivity index (χ2v) is 5.86. The van der Waals surface area contributed by atoms with Gasteiger partial charge in [0.1, 0.15) is 11.3 Å². The van der Waals surface area contributed by atoms with E-state index in [1.54, 1.807) is 12.4 Å². The van der Waals surface area contributed by atoms with Gasteiger partial charge in [0, 0.05) is 25.5 Å². The number of rotatable bonds is 5. The molecule has 0 N–H and O–H groups in total. The van der Waals surface area contributed by atoms with Crippen molar-refractivity contribution in [2.45, 2.75) is 25.7 Å². The Labute approximate surface area is 112 Å². The first kappa shape index (κ1) is 11.1. The second-order valence-electron chi connectivity index (χ2n) is 5.86. The lowest BCUT2D eigenvalue weighted by molar-refractivity contribution is 0.672. The highest BCUT2D eigenvalue weighted by atomic mass is 15.2. The quantitative estimate of drug-likeness (QED) is 0.822. The van der Waals surface area contributed by atoms with E-state index in [-0.39, 0.29) is 0 Å². The van der Waals surface area contributed by atoms with Crippen molar-refractivity contribution in [2.24, 2.45) is 11.8 Å². The van der Waals surface area contributed by atoms with Crippen molar-refractivity contribution < 1.29 is 0 Å². The van der Waals surface area contributed by atoms with Crippen LogP contribution in [0, 0.1) is 11.8 Å². The molecular formula is C15H18N4. The molecule has 4 nitrogen and oxygen atoms in total. The Hall–Kier alpha value is -1.71. The summed E-state index contributed by atoms with van der Waals surface area (Å²) in [6.07, 6.45) is 8.97. The maximum atomic E-state index is 4.69. The number of fused-ring (bicyclic) bond motifs is 1. The molecule has 98 valence electrons. The molecule has 4 rings (SSSR count). The van der Waals surface area contributed by atoms with Crippen molar-refractivity contribution in [3.8, 4) is 0 Å². The van der Waals surface area contributed by atoms with E-state index in [9.17, 15) is 0 Å². The summed E-state index contributed by atoms with van der Waals surface area (Å²) in [6.45, 7) is 2.32. The molecule has 0 aromatic carbocycles. The van der Waals surface area contributed by atoms with Crippen molar-refractivity contribution in [2.75, 3.05) is 18.0 Å². The van der Waals surface area contributed by atoms with Gasteiger partial charge in [-0.1, -0.05) is 0 Å². The first-order valence-electron chi connectivity index (χ1n) is 7.21. The maximum Gasteiger partial charge on any atom is 0.180 e. The van der Waals surface area contributed by atoms with E-state index >= 15 is 0 Å². The van der Waals surface area contributed by atoms with Crippen LogP contribution in [0.2, 0.25) is 0 Å². The van der Waals surface area contributed by atoms with Crippen molar-refractivity contribution >= 4 is 17.0 Å². The minimum atomic E-state index is 0.761. The molecule has 2 fully saturated rings. The van der Waals surface area contributed by atoms with Gasteiger partial charge in [-0.05, 0) is 49.7 Å². The first-order chi connectivity index (χ1) is 9.38. The molecule has 0 saturated heterocycles. The highest BCUT2D eigenvalue weighted by molar-refractivity contribution is 5.71. The third kappa shape index (κ3) is 2.53. The molecule has 4 heteroatoms. The summed E-state index contributed by atoms with van der Waals surface area (Å²) in [5, 5.41) is 0. The molecule has 2 aliphatic carbocycles. The van der Waals surface area contributed by atoms with Gasteiger partial charge in [0.15, 0.2) is 5.65 Å². The molecule has 0 radical (unpaired) electrons. The van der Waals surface area contributed by atoms with Gasteiger partial charge in [0.25, 0.3) is 0 Å². The van der Waals surface area contributed by atoms with E-state index in [2.05, 4.69) is 25.9 Å². The van der Waals surface area contributed by atoms with Crippen molar-refractivity contribution in [3.63, 3.8) is 0 Å². The van der Waals surface area contributed by atoms with Crippen LogP contribution < -0.4 is 4.90 Å². The fourth-order valence-corrected chi connectivity index (χ4v) is 2.51. The largest absolute Gasteiger partial charge is 0.356 e. The van der Waals surface area contributed by atoms with Gasteiger partial charge in [-0.15, -0.1) is 0 Å². The van der Waals surface area contributed by atoms with E-state index in [0.717, 1.165) is 41.9 Å². The average Bonchev–Trinajstić information content (AvgIpc) is 3.33. The Bertz CT molecular complexity index is 575. The Morgan fingerprint density at radius 2 is 1.63 bits per heavy atom. The molecular weight excluding hydrogens is 236 g/mol. The number of hydrogen-bond acceptors (Lipinski definition) is 4. The zero-order valence-electron chi connectivity index (χ0n) is 11.0. The molecule has 0 amide bonds. The standard InChI is InChI=1S/C15H18N4/c1-2-11(1)9-19(10-12-3-4-12)14-6-5-13-15(18-14)17-8-7-16-13/h5-8,11-12H,1-4,9-10H2. The van der Waals surface area contributed by atoms with Crippen LogP contribution in [0.3, 0.4) is 0 Å². The van der Waals surface area contributed by atoms with Crippen molar-refractivity contribution in [1.82, 2.24) is 15.0 Å². The SMILES string of the molecule is c1cnc2nc(N(CC3CC3)CC3CC3)ccc2n1. The lowest BCUT2D eigenvalue weighted by Gasteiger charge is -2.23. The molecule has 0 bridgehead atoms. The molecule has 2 heterocycles. The number of anilines is 1. The minimum Gasteiger partial charge on any atom is -0.356 e. The smallest absolute Gasteiger partial charge is 0.180 e. The van der Waals surface area contributed by atoms with Gasteiger partial charge >= 0.3 is 0 Å². The van der Waals surface area contributed by atoms with Crippen LogP contribution >= 0.6 is 0 Å². The number of hydrogen-bond donors (Lipinski definition) is 0. The molecule has 0 unspecified atom stereocenters. The summed E-state index contributed by atoms with van der Waals surface area (Å²) in [6, 6.07) is 4.14. The molecule has 19 heavy (non-hydrogen) atoms. The van der Waals surface area contributed by atoms with E-state index < -0.39 is 0 Å². The van der Waals surface area contributed by atoms with Crippen LogP contribution in [-0.2, 0) is 0 Å². The number of nitrogens with zero attached hydrogens (tertiary/aromatic N) is 4. The Morgan fingerprint density at radius 1 is 0.947 bits per heavy atom. The van der Waals surface area contributed by atoms with Gasteiger partial charge in [0.05, 0.1) is 0 Å². The molecule has 2 aromatic heterocycles. The van der Waals surface area contributed by atoms with Gasteiger partial charge in [-0.3, -0.25) is 4.98 Å². The molecule has 0 atom stereocenters. The summed E-state index contributed by atoms with van der Waals surface area (Å²) < 4.78 is 0. The topological polar surface area (TPSA) is 41.9 Å². The van der Waals surface area contributed by atoms with Crippen LogP contribution in [0.4, 0.5) is 5.82 Å². The number of aromatic nitrogens is 3.